The van der Waals surface area contributed by atoms with Crippen molar-refractivity contribution in [1.29, 1.82) is 0 Å². The largest absolute Gasteiger partial charge is 0.330 e. The summed E-state index contributed by atoms with van der Waals surface area (Å²) in [4.78, 5) is 5.41. The van der Waals surface area contributed by atoms with E-state index in [-0.39, 0.29) is 5.54 Å². The third-order valence-corrected chi connectivity index (χ3v) is 7.97. The Morgan fingerprint density at radius 1 is 0.900 bits per heavy atom. The fourth-order valence-corrected chi connectivity index (χ4v) is 5.56. The number of aryl methyl sites for hydroxylation is 2. The van der Waals surface area contributed by atoms with Gasteiger partial charge in [-0.15, -0.1) is 10.2 Å². The van der Waals surface area contributed by atoms with E-state index in [2.05, 4.69) is 74.2 Å². The van der Waals surface area contributed by atoms with Gasteiger partial charge in [0, 0.05) is 41.9 Å². The molecule has 3 heterocycles. The van der Waals surface area contributed by atoms with Gasteiger partial charge in [-0.25, -0.2) is 0 Å². The molecule has 2 aromatic heterocycles. The van der Waals surface area contributed by atoms with Crippen LogP contribution in [0, 0.1) is 18.8 Å². The van der Waals surface area contributed by atoms with E-state index in [1.54, 1.807) is 0 Å². The Balaban J connectivity index is 1.28. The van der Waals surface area contributed by atoms with Gasteiger partial charge in [-0.05, 0) is 69.0 Å². The average molecular weight is 532 g/mol. The number of fused-ring (bicyclic) bond motifs is 4. The van der Waals surface area contributed by atoms with E-state index in [1.165, 1.54) is 25.7 Å². The van der Waals surface area contributed by atoms with E-state index < -0.39 is 0 Å². The van der Waals surface area contributed by atoms with Crippen molar-refractivity contribution in [1.82, 2.24) is 24.5 Å². The lowest BCUT2D eigenvalue weighted by Crippen LogP contribution is -2.11. The lowest BCUT2D eigenvalue weighted by atomic mass is 9.96. The Morgan fingerprint density at radius 3 is 2.38 bits per heavy atom. The van der Waals surface area contributed by atoms with Gasteiger partial charge in [0.1, 0.15) is 11.4 Å². The quantitative estimate of drug-likeness (QED) is 0.217. The molecule has 7 heteroatoms. The second-order valence-electron chi connectivity index (χ2n) is 11.1. The van der Waals surface area contributed by atoms with Crippen LogP contribution in [-0.4, -0.2) is 36.8 Å². The van der Waals surface area contributed by atoms with Crippen LogP contribution >= 0.6 is 0 Å². The normalized spacial score (nSPS) is 14.6. The zero-order valence-corrected chi connectivity index (χ0v) is 23.5. The molecule has 2 N–H and O–H groups in total. The number of nitrogens with zero attached hydrogens (tertiary/aromatic N) is 6. The Hall–Kier alpha value is -4.02. The minimum Gasteiger partial charge on any atom is -0.330 e. The summed E-state index contributed by atoms with van der Waals surface area (Å²) in [6.45, 7) is 2.82. The molecule has 1 saturated carbocycles. The smallest absolute Gasteiger partial charge is 0.165 e. The second kappa shape index (κ2) is 11.2. The summed E-state index contributed by atoms with van der Waals surface area (Å²) in [5, 5.41) is 13.4. The van der Waals surface area contributed by atoms with Gasteiger partial charge < -0.3 is 5.73 Å². The highest BCUT2D eigenvalue weighted by atomic mass is 15.3. The summed E-state index contributed by atoms with van der Waals surface area (Å²) in [7, 11) is 1.94. The highest BCUT2D eigenvalue weighted by Crippen LogP contribution is 2.51. The first kappa shape index (κ1) is 26.2. The van der Waals surface area contributed by atoms with Crippen molar-refractivity contribution in [3.05, 3.63) is 83.2 Å². The molecule has 0 atom stereocenters. The monoisotopic (exact) mass is 531 g/mol. The van der Waals surface area contributed by atoms with Gasteiger partial charge in [0.2, 0.25) is 0 Å². The van der Waals surface area contributed by atoms with Gasteiger partial charge in [-0.3, -0.25) is 14.2 Å². The average Bonchev–Trinajstić information content (AvgIpc) is 3.49. The molecule has 2 aliphatic rings. The molecule has 4 aromatic rings. The fraction of sp³-hybridized carbons (Fsp3) is 0.394. The number of hydrogen-bond acceptors (Lipinski definition) is 5. The van der Waals surface area contributed by atoms with Crippen LogP contribution in [0.2, 0.25) is 0 Å². The number of nitrogens with two attached hydrogens (primary N) is 1. The van der Waals surface area contributed by atoms with E-state index >= 15 is 0 Å². The summed E-state index contributed by atoms with van der Waals surface area (Å²) in [5.41, 5.74) is 12.7. The first-order chi connectivity index (χ1) is 19.6. The van der Waals surface area contributed by atoms with E-state index in [0.717, 1.165) is 89.5 Å². The van der Waals surface area contributed by atoms with Crippen LogP contribution < -0.4 is 5.73 Å². The molecule has 1 fully saturated rings. The zero-order chi connectivity index (χ0) is 27.5. The maximum atomic E-state index is 5.57. The second-order valence-corrected chi connectivity index (χ2v) is 11.1. The molecule has 0 unspecified atom stereocenters. The minimum absolute atomic E-state index is 0.313. The van der Waals surface area contributed by atoms with Gasteiger partial charge in [0.05, 0.1) is 17.6 Å². The maximum Gasteiger partial charge on any atom is 0.165 e. The standard InChI is InChI=1S/C33H37N7/c1-24-37-38-32-33(18-19-33)36-31(29-21-27(16-17-30(29)40(24)32)28-22-35-39(2)23-28)26-14-12-25(13-15-26)11-9-7-5-3-4-6-8-10-20-34/h12-17,21-23H,3-8,10,18-20,34H2,1-2H3. The van der Waals surface area contributed by atoms with Crippen molar-refractivity contribution in [2.45, 2.75) is 70.3 Å². The number of benzene rings is 2. The molecular formula is C33H37N7. The number of rotatable bonds is 9. The highest BCUT2D eigenvalue weighted by Gasteiger charge is 2.51. The lowest BCUT2D eigenvalue weighted by molar-refractivity contribution is 0.603. The molecule has 204 valence electrons. The predicted octanol–water partition coefficient (Wildman–Crippen LogP) is 5.86. The van der Waals surface area contributed by atoms with Gasteiger partial charge in [0.25, 0.3) is 0 Å². The molecule has 1 spiro atoms. The van der Waals surface area contributed by atoms with Crippen molar-refractivity contribution in [3.63, 3.8) is 0 Å². The summed E-state index contributed by atoms with van der Waals surface area (Å²) in [6, 6.07) is 15.1. The fourth-order valence-electron chi connectivity index (χ4n) is 5.56. The number of aromatic nitrogens is 5. The van der Waals surface area contributed by atoms with Gasteiger partial charge in [-0.1, -0.05) is 55.7 Å². The molecule has 6 rings (SSSR count). The van der Waals surface area contributed by atoms with Crippen LogP contribution in [0.15, 0.2) is 59.9 Å². The Kier molecular flexibility index (Phi) is 7.36. The van der Waals surface area contributed by atoms with Crippen molar-refractivity contribution >= 4 is 5.71 Å². The third kappa shape index (κ3) is 5.24. The Bertz CT molecular complexity index is 1590. The molecule has 2 aromatic carbocycles. The first-order valence-corrected chi connectivity index (χ1v) is 14.5. The number of hydrogen-bond donors (Lipinski definition) is 1. The molecule has 7 nitrogen and oxygen atoms in total. The van der Waals surface area contributed by atoms with Crippen molar-refractivity contribution in [2.24, 2.45) is 17.8 Å². The molecule has 0 amide bonds. The molecule has 1 aliphatic heterocycles. The zero-order valence-electron chi connectivity index (χ0n) is 23.5. The molecule has 40 heavy (non-hydrogen) atoms. The maximum absolute atomic E-state index is 5.57. The van der Waals surface area contributed by atoms with Crippen LogP contribution in [0.4, 0.5) is 0 Å². The predicted molar refractivity (Wildman–Crippen MR) is 160 cm³/mol. The molecule has 1 aliphatic carbocycles. The Labute approximate surface area is 236 Å². The van der Waals surface area contributed by atoms with Crippen LogP contribution in [0.5, 0.6) is 0 Å². The van der Waals surface area contributed by atoms with Crippen LogP contribution in [0.25, 0.3) is 16.8 Å². The number of aliphatic imine (C=N–C) groups is 1. The molecule has 0 bridgehead atoms. The first-order valence-electron chi connectivity index (χ1n) is 14.5. The van der Waals surface area contributed by atoms with Crippen LogP contribution in [0.1, 0.15) is 86.1 Å². The number of unbranched alkanes of at least 4 members (excludes halogenated alkanes) is 6. The minimum atomic E-state index is -0.313. The third-order valence-electron chi connectivity index (χ3n) is 7.97. The van der Waals surface area contributed by atoms with Crippen LogP contribution in [-0.2, 0) is 12.6 Å². The summed E-state index contributed by atoms with van der Waals surface area (Å²) < 4.78 is 4.03. The van der Waals surface area contributed by atoms with E-state index in [4.69, 9.17) is 10.7 Å². The van der Waals surface area contributed by atoms with Crippen molar-refractivity contribution < 1.29 is 0 Å². The Morgan fingerprint density at radius 2 is 1.65 bits per heavy atom. The molecule has 0 radical (unpaired) electrons. The summed E-state index contributed by atoms with van der Waals surface area (Å²) >= 11 is 0. The van der Waals surface area contributed by atoms with E-state index in [9.17, 15) is 0 Å². The van der Waals surface area contributed by atoms with E-state index in [1.807, 2.05) is 31.0 Å². The highest BCUT2D eigenvalue weighted by molar-refractivity contribution is 6.16. The van der Waals surface area contributed by atoms with Gasteiger partial charge in [0.15, 0.2) is 5.82 Å². The topological polar surface area (TPSA) is 86.9 Å². The SMILES string of the molecule is Cc1nnc2n1-c1ccc(-c3cnn(C)c3)cc1C(c1ccc(C#CCCCCCCCCN)cc1)=NC21CC1. The lowest BCUT2D eigenvalue weighted by Gasteiger charge is -2.14. The van der Waals surface area contributed by atoms with Gasteiger partial charge >= 0.3 is 0 Å². The summed E-state index contributed by atoms with van der Waals surface area (Å²) in [5.74, 6) is 8.55. The molecular weight excluding hydrogens is 494 g/mol. The van der Waals surface area contributed by atoms with Crippen LogP contribution in [0.3, 0.4) is 0 Å². The van der Waals surface area contributed by atoms with E-state index in [0.29, 0.717) is 0 Å². The van der Waals surface area contributed by atoms with Crippen molar-refractivity contribution in [2.75, 3.05) is 6.54 Å². The summed E-state index contributed by atoms with van der Waals surface area (Å²) in [6.07, 6.45) is 14.2. The van der Waals surface area contributed by atoms with Crippen molar-refractivity contribution in [3.8, 4) is 28.7 Å². The van der Waals surface area contributed by atoms with Gasteiger partial charge in [-0.2, -0.15) is 5.10 Å². The molecule has 0 saturated heterocycles.